The lowest BCUT2D eigenvalue weighted by Gasteiger charge is -2.34. The fourth-order valence-corrected chi connectivity index (χ4v) is 1.60. The number of ether oxygens (including phenoxy) is 2. The van der Waals surface area contributed by atoms with Crippen molar-refractivity contribution in [3.63, 3.8) is 0 Å². The second-order valence-electron chi connectivity index (χ2n) is 4.00. The molecule has 1 aliphatic heterocycles. The van der Waals surface area contributed by atoms with E-state index in [0.29, 0.717) is 0 Å². The van der Waals surface area contributed by atoms with Crippen LogP contribution in [0.15, 0.2) is 0 Å². The SMILES string of the molecule is CO.O=C(O)CCCO[C@@H]1O[C@H](C(=O)O)[C@@H](O)C[C@H]1O. The molecule has 4 atom stereocenters. The molecule has 9 nitrogen and oxygen atoms in total. The van der Waals surface area contributed by atoms with Crippen LogP contribution in [-0.4, -0.2) is 75.8 Å². The van der Waals surface area contributed by atoms with Crippen molar-refractivity contribution in [1.82, 2.24) is 0 Å². The fraction of sp³-hybridized carbons (Fsp3) is 0.818. The van der Waals surface area contributed by atoms with Gasteiger partial charge in [-0.1, -0.05) is 0 Å². The van der Waals surface area contributed by atoms with Crippen LogP contribution >= 0.6 is 0 Å². The van der Waals surface area contributed by atoms with Crippen molar-refractivity contribution in [1.29, 1.82) is 0 Å². The van der Waals surface area contributed by atoms with Crippen LogP contribution in [0, 0.1) is 0 Å². The fourth-order valence-electron chi connectivity index (χ4n) is 1.60. The molecule has 1 fully saturated rings. The van der Waals surface area contributed by atoms with Crippen LogP contribution in [0.5, 0.6) is 0 Å². The molecule has 0 aromatic rings. The second-order valence-corrected chi connectivity index (χ2v) is 4.00. The van der Waals surface area contributed by atoms with E-state index in [-0.39, 0.29) is 25.9 Å². The summed E-state index contributed by atoms with van der Waals surface area (Å²) in [6.07, 6.45) is -5.07. The molecule has 118 valence electrons. The van der Waals surface area contributed by atoms with Crippen LogP contribution in [0.3, 0.4) is 0 Å². The number of carbonyl (C=O) groups is 2. The molecule has 0 aromatic heterocycles. The van der Waals surface area contributed by atoms with Crippen molar-refractivity contribution in [3.05, 3.63) is 0 Å². The molecule has 0 saturated carbocycles. The lowest BCUT2D eigenvalue weighted by Crippen LogP contribution is -2.51. The Labute approximate surface area is 115 Å². The van der Waals surface area contributed by atoms with Crippen LogP contribution in [0.2, 0.25) is 0 Å². The highest BCUT2D eigenvalue weighted by Crippen LogP contribution is 2.21. The van der Waals surface area contributed by atoms with Crippen molar-refractivity contribution in [2.24, 2.45) is 0 Å². The van der Waals surface area contributed by atoms with Gasteiger partial charge >= 0.3 is 11.9 Å². The number of aliphatic hydroxyl groups is 3. The summed E-state index contributed by atoms with van der Waals surface area (Å²) in [5, 5.41) is 43.1. The van der Waals surface area contributed by atoms with E-state index in [1.165, 1.54) is 0 Å². The van der Waals surface area contributed by atoms with Gasteiger partial charge in [-0.05, 0) is 6.42 Å². The molecule has 0 bridgehead atoms. The van der Waals surface area contributed by atoms with Gasteiger partial charge in [0.05, 0.1) is 12.7 Å². The van der Waals surface area contributed by atoms with E-state index in [1.54, 1.807) is 0 Å². The zero-order valence-electron chi connectivity index (χ0n) is 11.0. The Balaban J connectivity index is 0.00000172. The zero-order valence-corrected chi connectivity index (χ0v) is 11.0. The summed E-state index contributed by atoms with van der Waals surface area (Å²) >= 11 is 0. The number of carboxylic acid groups (broad SMARTS) is 2. The Morgan fingerprint density at radius 3 is 2.30 bits per heavy atom. The normalized spacial score (nSPS) is 29.2. The minimum atomic E-state index is -1.45. The quantitative estimate of drug-likeness (QED) is 0.364. The molecule has 1 rings (SSSR count). The highest BCUT2D eigenvalue weighted by molar-refractivity contribution is 5.73. The van der Waals surface area contributed by atoms with Crippen LogP contribution < -0.4 is 0 Å². The predicted molar refractivity (Wildman–Crippen MR) is 63.9 cm³/mol. The van der Waals surface area contributed by atoms with E-state index < -0.39 is 36.5 Å². The van der Waals surface area contributed by atoms with Crippen molar-refractivity contribution >= 4 is 11.9 Å². The number of aliphatic carboxylic acids is 2. The summed E-state index contributed by atoms with van der Waals surface area (Å²) < 4.78 is 9.97. The number of hydrogen-bond donors (Lipinski definition) is 5. The summed E-state index contributed by atoms with van der Waals surface area (Å²) in [7, 11) is 1.00. The largest absolute Gasteiger partial charge is 0.481 e. The predicted octanol–water partition coefficient (Wildman–Crippen LogP) is -1.60. The highest BCUT2D eigenvalue weighted by atomic mass is 16.7. The van der Waals surface area contributed by atoms with E-state index in [1.807, 2.05) is 0 Å². The third kappa shape index (κ3) is 6.26. The minimum absolute atomic E-state index is 0.0243. The Hall–Kier alpha value is -1.26. The maximum absolute atomic E-state index is 10.7. The first-order chi connectivity index (χ1) is 9.41. The topological polar surface area (TPSA) is 154 Å². The molecule has 9 heteroatoms. The highest BCUT2D eigenvalue weighted by Gasteiger charge is 2.40. The molecule has 1 aliphatic rings. The molecule has 1 saturated heterocycles. The van der Waals surface area contributed by atoms with Crippen molar-refractivity contribution in [2.75, 3.05) is 13.7 Å². The maximum atomic E-state index is 10.7. The first-order valence-corrected chi connectivity index (χ1v) is 5.94. The van der Waals surface area contributed by atoms with E-state index in [2.05, 4.69) is 0 Å². The first kappa shape index (κ1) is 18.7. The van der Waals surface area contributed by atoms with E-state index >= 15 is 0 Å². The third-order valence-corrected chi connectivity index (χ3v) is 2.49. The molecule has 0 amide bonds. The maximum Gasteiger partial charge on any atom is 0.335 e. The summed E-state index contributed by atoms with van der Waals surface area (Å²) in [5.41, 5.74) is 0. The van der Waals surface area contributed by atoms with Crippen molar-refractivity contribution in [3.8, 4) is 0 Å². The average molecular weight is 296 g/mol. The van der Waals surface area contributed by atoms with E-state index in [0.717, 1.165) is 7.11 Å². The van der Waals surface area contributed by atoms with E-state index in [9.17, 15) is 19.8 Å². The summed E-state index contributed by atoms with van der Waals surface area (Å²) in [6.45, 7) is 0.0243. The van der Waals surface area contributed by atoms with Gasteiger partial charge in [-0.15, -0.1) is 0 Å². The standard InChI is InChI=1S/C10H16O8.CH4O/c11-5-4-6(12)10(18-8(5)9(15)16)17-3-1-2-7(13)14;1-2/h5-6,8,10-12H,1-4H2,(H,13,14)(H,15,16);2H,1H3/t5-,6+,8-,10+;/m0./s1. The molecule has 0 aliphatic carbocycles. The number of hydrogen-bond acceptors (Lipinski definition) is 7. The smallest absolute Gasteiger partial charge is 0.335 e. The Morgan fingerprint density at radius 2 is 1.80 bits per heavy atom. The number of carboxylic acids is 2. The van der Waals surface area contributed by atoms with Gasteiger partial charge in [0.15, 0.2) is 12.4 Å². The second kappa shape index (κ2) is 9.61. The molecule has 0 unspecified atom stereocenters. The minimum Gasteiger partial charge on any atom is -0.481 e. The van der Waals surface area contributed by atoms with Crippen LogP contribution in [0.1, 0.15) is 19.3 Å². The van der Waals surface area contributed by atoms with Crippen molar-refractivity contribution in [2.45, 2.75) is 43.9 Å². The monoisotopic (exact) mass is 296 g/mol. The molecule has 1 heterocycles. The number of aliphatic hydroxyl groups excluding tert-OH is 3. The molecular weight excluding hydrogens is 276 g/mol. The summed E-state index contributed by atoms with van der Waals surface area (Å²) in [6, 6.07) is 0. The Morgan fingerprint density at radius 1 is 1.20 bits per heavy atom. The number of rotatable bonds is 6. The molecule has 20 heavy (non-hydrogen) atoms. The van der Waals surface area contributed by atoms with Gasteiger partial charge in [-0.25, -0.2) is 4.79 Å². The van der Waals surface area contributed by atoms with Gasteiger partial charge in [0.1, 0.15) is 6.10 Å². The molecule has 0 spiro atoms. The van der Waals surface area contributed by atoms with Gasteiger partial charge in [-0.3, -0.25) is 4.79 Å². The van der Waals surface area contributed by atoms with Crippen LogP contribution in [0.25, 0.3) is 0 Å². The lowest BCUT2D eigenvalue weighted by molar-refractivity contribution is -0.264. The van der Waals surface area contributed by atoms with Crippen LogP contribution in [-0.2, 0) is 19.1 Å². The van der Waals surface area contributed by atoms with Gasteiger partial charge in [0, 0.05) is 20.0 Å². The van der Waals surface area contributed by atoms with E-state index in [4.69, 9.17) is 24.8 Å². The van der Waals surface area contributed by atoms with Gasteiger partial charge in [0.2, 0.25) is 0 Å². The zero-order chi connectivity index (χ0) is 15.7. The average Bonchev–Trinajstić information content (AvgIpc) is 2.38. The molecular formula is C11H20O9. The lowest BCUT2D eigenvalue weighted by atomic mass is 10.0. The summed E-state index contributed by atoms with van der Waals surface area (Å²) in [4.78, 5) is 21.0. The molecule has 0 aromatic carbocycles. The van der Waals surface area contributed by atoms with Crippen LogP contribution in [0.4, 0.5) is 0 Å². The summed E-state index contributed by atoms with van der Waals surface area (Å²) in [5.74, 6) is -2.31. The molecule has 0 radical (unpaired) electrons. The third-order valence-electron chi connectivity index (χ3n) is 2.49. The molecule has 5 N–H and O–H groups in total. The van der Waals surface area contributed by atoms with Gasteiger partial charge < -0.3 is 35.0 Å². The first-order valence-electron chi connectivity index (χ1n) is 5.94. The van der Waals surface area contributed by atoms with Gasteiger partial charge in [-0.2, -0.15) is 0 Å². The van der Waals surface area contributed by atoms with Crippen molar-refractivity contribution < 1.29 is 44.6 Å². The Kier molecular flexibility index (Phi) is 9.01. The Bertz CT molecular complexity index is 306. The van der Waals surface area contributed by atoms with Gasteiger partial charge in [0.25, 0.3) is 0 Å².